The summed E-state index contributed by atoms with van der Waals surface area (Å²) in [6.07, 6.45) is 7.54. The van der Waals surface area contributed by atoms with E-state index < -0.39 is 0 Å². The largest absolute Gasteiger partial charge is 0.373 e. The summed E-state index contributed by atoms with van der Waals surface area (Å²) in [7, 11) is 1.81. The molecule has 0 saturated carbocycles. The number of pyridine rings is 1. The third-order valence-corrected chi connectivity index (χ3v) is 6.03. The first-order valence-corrected chi connectivity index (χ1v) is 9.89. The molecule has 0 unspecified atom stereocenters. The molecule has 2 aliphatic rings. The van der Waals surface area contributed by atoms with E-state index in [2.05, 4.69) is 27.1 Å². The monoisotopic (exact) mass is 368 g/mol. The number of aromatic nitrogens is 3. The number of likely N-dealkylation sites (tertiary alicyclic amines) is 1. The number of anilines is 1. The summed E-state index contributed by atoms with van der Waals surface area (Å²) in [6, 6.07) is 3.62. The van der Waals surface area contributed by atoms with Gasteiger partial charge in [-0.3, -0.25) is 9.69 Å². The van der Waals surface area contributed by atoms with Crippen molar-refractivity contribution in [2.75, 3.05) is 38.5 Å². The number of imidazole rings is 1. The molecule has 1 spiro atoms. The second-order valence-electron chi connectivity index (χ2n) is 7.47. The highest BCUT2D eigenvalue weighted by Gasteiger charge is 2.46. The van der Waals surface area contributed by atoms with Gasteiger partial charge >= 0.3 is 0 Å². The lowest BCUT2D eigenvalue weighted by molar-refractivity contribution is 0.00708. The number of rotatable bonds is 4. The van der Waals surface area contributed by atoms with Crippen molar-refractivity contribution >= 4 is 11.7 Å². The van der Waals surface area contributed by atoms with Crippen LogP contribution in [-0.4, -0.2) is 63.9 Å². The van der Waals surface area contributed by atoms with Crippen LogP contribution >= 0.6 is 0 Å². The standard InChI is InChI=1S/C20H28N6O/c1-3-9-26-10-5-16-18(24-14-23-16)20(26)6-11-25(12-7-20)19(27)15-4-8-22-17(13-15)21-2/h4,8,13-14H,3,5-7,9-12H2,1-2H3,(H,21,22)(H,23,24). The zero-order valence-electron chi connectivity index (χ0n) is 16.2. The van der Waals surface area contributed by atoms with Crippen molar-refractivity contribution in [2.24, 2.45) is 0 Å². The Hall–Kier alpha value is -2.41. The molecular weight excluding hydrogens is 340 g/mol. The Bertz CT molecular complexity index is 808. The molecule has 7 nitrogen and oxygen atoms in total. The topological polar surface area (TPSA) is 77.2 Å². The maximum absolute atomic E-state index is 13.0. The van der Waals surface area contributed by atoms with Gasteiger partial charge in [-0.25, -0.2) is 9.97 Å². The second-order valence-corrected chi connectivity index (χ2v) is 7.47. The highest BCUT2D eigenvalue weighted by Crippen LogP contribution is 2.42. The van der Waals surface area contributed by atoms with E-state index in [1.807, 2.05) is 24.3 Å². The SMILES string of the molecule is CCCN1CCc2[nH]cnc2C12CCN(C(=O)c1ccnc(NC)c1)CC2. The number of hydrogen-bond donors (Lipinski definition) is 2. The fraction of sp³-hybridized carbons (Fsp3) is 0.550. The number of fused-ring (bicyclic) bond motifs is 2. The average Bonchev–Trinajstić information content (AvgIpc) is 3.20. The van der Waals surface area contributed by atoms with E-state index >= 15 is 0 Å². The summed E-state index contributed by atoms with van der Waals surface area (Å²) in [5, 5.41) is 3.00. The van der Waals surface area contributed by atoms with Gasteiger partial charge in [0.05, 0.1) is 17.6 Å². The fourth-order valence-corrected chi connectivity index (χ4v) is 4.63. The molecule has 1 amide bonds. The summed E-state index contributed by atoms with van der Waals surface area (Å²) in [6.45, 7) is 5.88. The number of carbonyl (C=O) groups is 1. The Labute approximate surface area is 160 Å². The summed E-state index contributed by atoms with van der Waals surface area (Å²) in [5.41, 5.74) is 3.14. The summed E-state index contributed by atoms with van der Waals surface area (Å²) in [4.78, 5) is 29.8. The van der Waals surface area contributed by atoms with Gasteiger partial charge in [-0.15, -0.1) is 0 Å². The minimum Gasteiger partial charge on any atom is -0.373 e. The number of amides is 1. The van der Waals surface area contributed by atoms with Crippen molar-refractivity contribution < 1.29 is 4.79 Å². The van der Waals surface area contributed by atoms with Crippen LogP contribution in [0.4, 0.5) is 5.82 Å². The van der Waals surface area contributed by atoms with Crippen molar-refractivity contribution in [3.63, 3.8) is 0 Å². The van der Waals surface area contributed by atoms with Gasteiger partial charge in [0.25, 0.3) is 5.91 Å². The predicted molar refractivity (Wildman–Crippen MR) is 105 cm³/mol. The molecule has 0 aromatic carbocycles. The van der Waals surface area contributed by atoms with Gasteiger partial charge in [0.15, 0.2) is 0 Å². The van der Waals surface area contributed by atoms with Crippen molar-refractivity contribution in [1.29, 1.82) is 0 Å². The molecule has 0 aliphatic carbocycles. The Morgan fingerprint density at radius 1 is 1.30 bits per heavy atom. The van der Waals surface area contributed by atoms with Gasteiger partial charge in [0.1, 0.15) is 5.82 Å². The van der Waals surface area contributed by atoms with Crippen LogP contribution in [0.15, 0.2) is 24.7 Å². The molecule has 0 radical (unpaired) electrons. The van der Waals surface area contributed by atoms with Crippen LogP contribution in [0.25, 0.3) is 0 Å². The molecule has 144 valence electrons. The van der Waals surface area contributed by atoms with Crippen LogP contribution in [0.5, 0.6) is 0 Å². The lowest BCUT2D eigenvalue weighted by Crippen LogP contribution is -2.57. The highest BCUT2D eigenvalue weighted by molar-refractivity contribution is 5.94. The minimum atomic E-state index is -0.0330. The zero-order chi connectivity index (χ0) is 18.9. The third kappa shape index (κ3) is 3.10. The molecule has 7 heteroatoms. The van der Waals surface area contributed by atoms with Crippen molar-refractivity contribution in [3.8, 4) is 0 Å². The van der Waals surface area contributed by atoms with E-state index in [9.17, 15) is 4.79 Å². The summed E-state index contributed by atoms with van der Waals surface area (Å²) >= 11 is 0. The summed E-state index contributed by atoms with van der Waals surface area (Å²) in [5.74, 6) is 0.806. The van der Waals surface area contributed by atoms with E-state index in [0.29, 0.717) is 5.56 Å². The number of hydrogen-bond acceptors (Lipinski definition) is 5. The molecule has 2 N–H and O–H groups in total. The Kier molecular flexibility index (Phi) is 4.86. The van der Waals surface area contributed by atoms with Gasteiger partial charge in [0, 0.05) is 50.6 Å². The maximum atomic E-state index is 13.0. The number of carbonyl (C=O) groups excluding carboxylic acids is 1. The van der Waals surface area contributed by atoms with Crippen LogP contribution in [-0.2, 0) is 12.0 Å². The Balaban J connectivity index is 1.54. The number of aromatic amines is 1. The maximum Gasteiger partial charge on any atom is 0.254 e. The van der Waals surface area contributed by atoms with E-state index in [-0.39, 0.29) is 11.4 Å². The molecule has 2 aromatic heterocycles. The Morgan fingerprint density at radius 2 is 2.11 bits per heavy atom. The lowest BCUT2D eigenvalue weighted by Gasteiger charge is -2.50. The predicted octanol–water partition coefficient (Wildman–Crippen LogP) is 2.25. The van der Waals surface area contributed by atoms with Crippen molar-refractivity contribution in [1.82, 2.24) is 24.8 Å². The normalized spacial score (nSPS) is 19.1. The molecule has 4 rings (SSSR count). The van der Waals surface area contributed by atoms with E-state index in [4.69, 9.17) is 4.98 Å². The minimum absolute atomic E-state index is 0.0330. The lowest BCUT2D eigenvalue weighted by atomic mass is 9.78. The van der Waals surface area contributed by atoms with E-state index in [1.54, 1.807) is 12.3 Å². The first-order chi connectivity index (χ1) is 13.2. The van der Waals surface area contributed by atoms with Gasteiger partial charge in [-0.2, -0.15) is 0 Å². The van der Waals surface area contributed by atoms with Crippen LogP contribution in [0.3, 0.4) is 0 Å². The van der Waals surface area contributed by atoms with Gasteiger partial charge in [-0.05, 0) is 37.9 Å². The van der Waals surface area contributed by atoms with Crippen molar-refractivity contribution in [2.45, 2.75) is 38.1 Å². The van der Waals surface area contributed by atoms with Crippen LogP contribution < -0.4 is 5.32 Å². The Morgan fingerprint density at radius 3 is 2.85 bits per heavy atom. The molecule has 0 atom stereocenters. The number of H-pyrrole nitrogens is 1. The first kappa shape index (κ1) is 18.0. The van der Waals surface area contributed by atoms with Gasteiger partial charge in [-0.1, -0.05) is 6.92 Å². The van der Waals surface area contributed by atoms with Crippen molar-refractivity contribution in [3.05, 3.63) is 41.6 Å². The summed E-state index contributed by atoms with van der Waals surface area (Å²) < 4.78 is 0. The third-order valence-electron chi connectivity index (χ3n) is 6.03. The number of nitrogens with one attached hydrogen (secondary N) is 2. The highest BCUT2D eigenvalue weighted by atomic mass is 16.2. The van der Waals surface area contributed by atoms with Crippen LogP contribution in [0.1, 0.15) is 47.9 Å². The average molecular weight is 368 g/mol. The molecule has 27 heavy (non-hydrogen) atoms. The molecule has 4 heterocycles. The number of piperidine rings is 1. The molecule has 1 saturated heterocycles. The quantitative estimate of drug-likeness (QED) is 0.866. The van der Waals surface area contributed by atoms with Crippen LogP contribution in [0.2, 0.25) is 0 Å². The number of nitrogens with zero attached hydrogens (tertiary/aromatic N) is 4. The molecule has 2 aliphatic heterocycles. The second kappa shape index (κ2) is 7.31. The smallest absolute Gasteiger partial charge is 0.254 e. The van der Waals surface area contributed by atoms with E-state index in [0.717, 1.165) is 57.7 Å². The molecular formula is C20H28N6O. The van der Waals surface area contributed by atoms with E-state index in [1.165, 1.54) is 11.4 Å². The van der Waals surface area contributed by atoms with Gasteiger partial charge in [0.2, 0.25) is 0 Å². The van der Waals surface area contributed by atoms with Crippen LogP contribution in [0, 0.1) is 0 Å². The molecule has 0 bridgehead atoms. The molecule has 2 aromatic rings. The zero-order valence-corrected chi connectivity index (χ0v) is 16.2. The molecule has 1 fully saturated rings. The first-order valence-electron chi connectivity index (χ1n) is 9.89. The fourth-order valence-electron chi connectivity index (χ4n) is 4.63. The van der Waals surface area contributed by atoms with Gasteiger partial charge < -0.3 is 15.2 Å².